The quantitative estimate of drug-likeness (QED) is 0.695. The molecule has 5 heteroatoms. The number of nitrogens with one attached hydrogen (secondary N) is 1. The number of aliphatic hydroxyl groups excluding tert-OH is 1. The number of ether oxygens (including phenoxy) is 1. The highest BCUT2D eigenvalue weighted by Gasteiger charge is 2.38. The number of hydrogen-bond acceptors (Lipinski definition) is 4. The topological polar surface area (TPSA) is 58.1 Å². The van der Waals surface area contributed by atoms with Gasteiger partial charge in [0, 0.05) is 23.6 Å². The minimum atomic E-state index is -0.0303. The van der Waals surface area contributed by atoms with Crippen LogP contribution in [0.5, 0.6) is 0 Å². The second-order valence-electron chi connectivity index (χ2n) is 3.33. The van der Waals surface area contributed by atoms with Crippen LogP contribution in [0.25, 0.3) is 0 Å². The second-order valence-corrected chi connectivity index (χ2v) is 4.30. The molecule has 0 amide bonds. The molecule has 4 nitrogen and oxygen atoms in total. The lowest BCUT2D eigenvalue weighted by Crippen LogP contribution is -2.47. The molecule has 1 saturated heterocycles. The summed E-state index contributed by atoms with van der Waals surface area (Å²) in [4.78, 5) is 7.11. The molecule has 1 aliphatic heterocycles. The molecule has 1 aromatic rings. The van der Waals surface area contributed by atoms with Crippen LogP contribution in [0.3, 0.4) is 0 Å². The number of aromatic amines is 1. The lowest BCUT2D eigenvalue weighted by atomic mass is 9.90. The summed E-state index contributed by atoms with van der Waals surface area (Å²) in [5.41, 5.74) is -0.0303. The molecule has 1 fully saturated rings. The van der Waals surface area contributed by atoms with E-state index in [1.54, 1.807) is 24.2 Å². The Morgan fingerprint density at radius 3 is 3.00 bits per heavy atom. The third kappa shape index (κ3) is 1.87. The molecule has 0 aliphatic carbocycles. The molecule has 0 aromatic carbocycles. The number of hydrogen-bond donors (Lipinski definition) is 2. The molecular weight excluding hydrogens is 188 g/mol. The van der Waals surface area contributed by atoms with Gasteiger partial charge in [0.1, 0.15) is 0 Å². The van der Waals surface area contributed by atoms with Crippen molar-refractivity contribution in [3.63, 3.8) is 0 Å². The number of nitrogens with zero attached hydrogens (tertiary/aromatic N) is 1. The first-order valence-electron chi connectivity index (χ1n) is 4.15. The van der Waals surface area contributed by atoms with Crippen molar-refractivity contribution in [3.8, 4) is 0 Å². The Balaban J connectivity index is 1.84. The van der Waals surface area contributed by atoms with E-state index in [0.29, 0.717) is 13.2 Å². The Morgan fingerprint density at radius 2 is 2.54 bits per heavy atom. The van der Waals surface area contributed by atoms with E-state index in [4.69, 9.17) is 9.84 Å². The minimum Gasteiger partial charge on any atom is -0.396 e. The van der Waals surface area contributed by atoms with Crippen LogP contribution in [0.2, 0.25) is 0 Å². The van der Waals surface area contributed by atoms with Crippen molar-refractivity contribution in [2.45, 2.75) is 5.16 Å². The van der Waals surface area contributed by atoms with Gasteiger partial charge in [0.15, 0.2) is 5.16 Å². The average Bonchev–Trinajstić information content (AvgIpc) is 2.56. The van der Waals surface area contributed by atoms with Crippen molar-refractivity contribution in [1.82, 2.24) is 9.97 Å². The van der Waals surface area contributed by atoms with E-state index in [-0.39, 0.29) is 12.0 Å². The van der Waals surface area contributed by atoms with Gasteiger partial charge in [-0.1, -0.05) is 11.8 Å². The Kier molecular flexibility index (Phi) is 2.57. The fraction of sp³-hybridized carbons (Fsp3) is 0.625. The number of aliphatic hydroxyl groups is 1. The Morgan fingerprint density at radius 1 is 1.69 bits per heavy atom. The number of aromatic nitrogens is 2. The van der Waals surface area contributed by atoms with Crippen LogP contribution in [0, 0.1) is 5.41 Å². The van der Waals surface area contributed by atoms with Gasteiger partial charge in [-0.25, -0.2) is 4.98 Å². The van der Waals surface area contributed by atoms with E-state index in [0.717, 1.165) is 10.9 Å². The molecule has 1 aliphatic rings. The van der Waals surface area contributed by atoms with Crippen LogP contribution >= 0.6 is 11.8 Å². The zero-order valence-electron chi connectivity index (χ0n) is 7.19. The van der Waals surface area contributed by atoms with Gasteiger partial charge >= 0.3 is 0 Å². The van der Waals surface area contributed by atoms with E-state index in [1.807, 2.05) is 0 Å². The first kappa shape index (κ1) is 9.05. The summed E-state index contributed by atoms with van der Waals surface area (Å²) < 4.78 is 5.10. The molecule has 2 heterocycles. The third-order valence-corrected chi connectivity index (χ3v) is 3.39. The van der Waals surface area contributed by atoms with Gasteiger partial charge in [0.25, 0.3) is 0 Å². The summed E-state index contributed by atoms with van der Waals surface area (Å²) in [6.45, 7) is 1.52. The van der Waals surface area contributed by atoms with E-state index >= 15 is 0 Å². The standard InChI is InChI=1S/C8H12N2O2S/c11-3-8(4-12-5-8)6-13-7-9-1-2-10-7/h1-2,11H,3-6H2,(H,9,10). The van der Waals surface area contributed by atoms with E-state index in [2.05, 4.69) is 9.97 Å². The van der Waals surface area contributed by atoms with Crippen molar-refractivity contribution in [2.75, 3.05) is 25.6 Å². The molecule has 0 radical (unpaired) electrons. The summed E-state index contributed by atoms with van der Waals surface area (Å²) in [7, 11) is 0. The molecular formula is C8H12N2O2S. The van der Waals surface area contributed by atoms with E-state index in [1.165, 1.54) is 0 Å². The highest BCUT2D eigenvalue weighted by Crippen LogP contribution is 2.32. The van der Waals surface area contributed by atoms with Gasteiger partial charge in [0.05, 0.1) is 19.8 Å². The van der Waals surface area contributed by atoms with Gasteiger partial charge in [-0.3, -0.25) is 0 Å². The fourth-order valence-electron chi connectivity index (χ4n) is 1.16. The van der Waals surface area contributed by atoms with Crippen molar-refractivity contribution in [3.05, 3.63) is 12.4 Å². The number of rotatable bonds is 4. The highest BCUT2D eigenvalue weighted by molar-refractivity contribution is 7.99. The van der Waals surface area contributed by atoms with Crippen LogP contribution in [0.15, 0.2) is 17.6 Å². The molecule has 0 bridgehead atoms. The van der Waals surface area contributed by atoms with Crippen molar-refractivity contribution < 1.29 is 9.84 Å². The maximum absolute atomic E-state index is 9.14. The van der Waals surface area contributed by atoms with Crippen LogP contribution in [0.4, 0.5) is 0 Å². The molecule has 0 saturated carbocycles. The molecule has 0 unspecified atom stereocenters. The molecule has 13 heavy (non-hydrogen) atoms. The summed E-state index contributed by atoms with van der Waals surface area (Å²) in [6.07, 6.45) is 3.52. The minimum absolute atomic E-state index is 0.0303. The lowest BCUT2D eigenvalue weighted by Gasteiger charge is -2.39. The Hall–Kier alpha value is -0.520. The van der Waals surface area contributed by atoms with E-state index in [9.17, 15) is 0 Å². The highest BCUT2D eigenvalue weighted by atomic mass is 32.2. The number of H-pyrrole nitrogens is 1. The fourth-order valence-corrected chi connectivity index (χ4v) is 2.15. The predicted octanol–water partition coefficient (Wildman–Crippen LogP) is 0.511. The van der Waals surface area contributed by atoms with Gasteiger partial charge in [0.2, 0.25) is 0 Å². The average molecular weight is 200 g/mol. The van der Waals surface area contributed by atoms with Gasteiger partial charge in [-0.15, -0.1) is 0 Å². The molecule has 0 atom stereocenters. The monoisotopic (exact) mass is 200 g/mol. The molecule has 72 valence electrons. The summed E-state index contributed by atoms with van der Waals surface area (Å²) in [5, 5.41) is 10.0. The maximum Gasteiger partial charge on any atom is 0.165 e. The van der Waals surface area contributed by atoms with Crippen LogP contribution in [0.1, 0.15) is 0 Å². The van der Waals surface area contributed by atoms with E-state index < -0.39 is 0 Å². The maximum atomic E-state index is 9.14. The Bertz CT molecular complexity index is 254. The van der Waals surface area contributed by atoms with Crippen molar-refractivity contribution in [2.24, 2.45) is 5.41 Å². The molecule has 2 rings (SSSR count). The first-order chi connectivity index (χ1) is 6.35. The largest absolute Gasteiger partial charge is 0.396 e. The Labute approximate surface area is 80.7 Å². The summed E-state index contributed by atoms with van der Waals surface area (Å²) >= 11 is 1.63. The zero-order valence-corrected chi connectivity index (χ0v) is 8.01. The third-order valence-electron chi connectivity index (χ3n) is 2.14. The number of thioether (sulfide) groups is 1. The SMILES string of the molecule is OCC1(CSc2ncc[nH]2)COC1. The summed E-state index contributed by atoms with van der Waals surface area (Å²) in [5.74, 6) is 0.858. The molecule has 1 aromatic heterocycles. The van der Waals surface area contributed by atoms with Crippen LogP contribution in [-0.2, 0) is 4.74 Å². The second kappa shape index (κ2) is 3.69. The normalized spacial score (nSPS) is 19.8. The van der Waals surface area contributed by atoms with Gasteiger partial charge < -0.3 is 14.8 Å². The zero-order chi connectivity index (χ0) is 9.15. The first-order valence-corrected chi connectivity index (χ1v) is 5.14. The molecule has 2 N–H and O–H groups in total. The van der Waals surface area contributed by atoms with Crippen molar-refractivity contribution in [1.29, 1.82) is 0 Å². The lowest BCUT2D eigenvalue weighted by molar-refractivity contribution is -0.121. The number of imidazole rings is 1. The molecule has 0 spiro atoms. The van der Waals surface area contributed by atoms with Gasteiger partial charge in [-0.05, 0) is 0 Å². The van der Waals surface area contributed by atoms with Gasteiger partial charge in [-0.2, -0.15) is 0 Å². The smallest absolute Gasteiger partial charge is 0.165 e. The van der Waals surface area contributed by atoms with Crippen LogP contribution in [-0.4, -0.2) is 40.6 Å². The van der Waals surface area contributed by atoms with Crippen molar-refractivity contribution >= 4 is 11.8 Å². The summed E-state index contributed by atoms with van der Waals surface area (Å²) in [6, 6.07) is 0. The predicted molar refractivity (Wildman–Crippen MR) is 49.6 cm³/mol. The van der Waals surface area contributed by atoms with Crippen LogP contribution < -0.4 is 0 Å².